The Morgan fingerprint density at radius 1 is 1.31 bits per heavy atom. The summed E-state index contributed by atoms with van der Waals surface area (Å²) in [6, 6.07) is 4.03. The minimum absolute atomic E-state index is 0.0127. The summed E-state index contributed by atoms with van der Waals surface area (Å²) in [7, 11) is 1.72. The molecule has 0 radical (unpaired) electrons. The summed E-state index contributed by atoms with van der Waals surface area (Å²) in [6.45, 7) is 4.97. The van der Waals surface area contributed by atoms with Crippen LogP contribution < -0.4 is 16.0 Å². The number of aromatic nitrogens is 1. The Morgan fingerprint density at radius 3 is 2.84 bits per heavy atom. The van der Waals surface area contributed by atoms with Gasteiger partial charge in [0.1, 0.15) is 5.82 Å². The lowest BCUT2D eigenvalue weighted by Crippen LogP contribution is -2.40. The second kappa shape index (κ2) is 8.58. The summed E-state index contributed by atoms with van der Waals surface area (Å²) in [4.78, 5) is 42.4. The molecule has 1 atom stereocenters. The summed E-state index contributed by atoms with van der Waals surface area (Å²) in [5.74, 6) is -0.959. The third-order valence-corrected chi connectivity index (χ3v) is 5.96. The predicted molar refractivity (Wildman–Crippen MR) is 120 cm³/mol. The molecule has 1 saturated heterocycles. The zero-order chi connectivity index (χ0) is 23.0. The van der Waals surface area contributed by atoms with Crippen molar-refractivity contribution in [3.8, 4) is 0 Å². The van der Waals surface area contributed by atoms with E-state index in [0.717, 1.165) is 0 Å². The maximum Gasteiger partial charge on any atom is 0.256 e. The first kappa shape index (κ1) is 21.8. The number of hydrogen-bond donors (Lipinski definition) is 4. The molecule has 9 heteroatoms. The van der Waals surface area contributed by atoms with Gasteiger partial charge in [-0.1, -0.05) is 0 Å². The van der Waals surface area contributed by atoms with Crippen LogP contribution in [0.25, 0.3) is 11.6 Å². The number of fused-ring (bicyclic) bond motifs is 1. The number of amides is 3. The Hall–Kier alpha value is -3.46. The van der Waals surface area contributed by atoms with Crippen molar-refractivity contribution in [2.45, 2.75) is 26.3 Å². The van der Waals surface area contributed by atoms with Gasteiger partial charge in [-0.3, -0.25) is 14.4 Å². The van der Waals surface area contributed by atoms with Crippen molar-refractivity contribution in [3.63, 3.8) is 0 Å². The van der Waals surface area contributed by atoms with Crippen molar-refractivity contribution in [2.75, 3.05) is 32.0 Å². The van der Waals surface area contributed by atoms with E-state index in [1.165, 1.54) is 18.2 Å². The van der Waals surface area contributed by atoms with Crippen molar-refractivity contribution < 1.29 is 18.8 Å². The van der Waals surface area contributed by atoms with E-state index in [0.29, 0.717) is 58.8 Å². The quantitative estimate of drug-likeness (QED) is 0.533. The molecular formula is C23H26FN5O3. The number of carbonyl (C=O) groups excluding carboxylic acids is 3. The zero-order valence-corrected chi connectivity index (χ0v) is 18.3. The highest BCUT2D eigenvalue weighted by Gasteiger charge is 2.29. The normalized spacial score (nSPS) is 18.8. The fourth-order valence-electron chi connectivity index (χ4n) is 4.33. The lowest BCUT2D eigenvalue weighted by molar-refractivity contribution is -0.129. The van der Waals surface area contributed by atoms with E-state index in [1.807, 2.05) is 6.92 Å². The number of nitrogens with one attached hydrogen (secondary N) is 4. The lowest BCUT2D eigenvalue weighted by atomic mass is 10.0. The lowest BCUT2D eigenvalue weighted by Gasteiger charge is -2.17. The van der Waals surface area contributed by atoms with Gasteiger partial charge in [0.2, 0.25) is 5.91 Å². The summed E-state index contributed by atoms with van der Waals surface area (Å²) >= 11 is 0. The second-order valence-electron chi connectivity index (χ2n) is 8.19. The van der Waals surface area contributed by atoms with Crippen molar-refractivity contribution >= 4 is 35.1 Å². The number of H-pyrrole nitrogens is 1. The summed E-state index contributed by atoms with van der Waals surface area (Å²) < 4.78 is 13.7. The number of benzene rings is 1. The average molecular weight is 439 g/mol. The first-order chi connectivity index (χ1) is 15.3. The number of likely N-dealkylation sites (N-methyl/N-ethyl adjacent to an activating group) is 1. The fraction of sp³-hybridized carbons (Fsp3) is 0.348. The van der Waals surface area contributed by atoms with Gasteiger partial charge in [0.25, 0.3) is 11.8 Å². The monoisotopic (exact) mass is 439 g/mol. The molecule has 1 aromatic carbocycles. The van der Waals surface area contributed by atoms with E-state index in [4.69, 9.17) is 0 Å². The molecule has 1 aromatic heterocycles. The molecule has 1 fully saturated rings. The molecule has 0 bridgehead atoms. The third-order valence-electron chi connectivity index (χ3n) is 5.96. The predicted octanol–water partition coefficient (Wildman–Crippen LogP) is 1.81. The highest BCUT2D eigenvalue weighted by Crippen LogP contribution is 2.34. The molecule has 4 N–H and O–H groups in total. The molecule has 8 nitrogen and oxygen atoms in total. The fourth-order valence-corrected chi connectivity index (χ4v) is 4.33. The van der Waals surface area contributed by atoms with Crippen molar-refractivity contribution in [1.29, 1.82) is 0 Å². The van der Waals surface area contributed by atoms with Gasteiger partial charge in [-0.2, -0.15) is 0 Å². The topological polar surface area (TPSA) is 106 Å². The Balaban J connectivity index is 1.54. The van der Waals surface area contributed by atoms with E-state index in [-0.39, 0.29) is 30.3 Å². The number of likely N-dealkylation sites (tertiary alicyclic amines) is 1. The molecule has 2 aliphatic rings. The molecule has 3 heterocycles. The Bertz CT molecular complexity index is 1140. The van der Waals surface area contributed by atoms with Crippen LogP contribution in [0.1, 0.15) is 39.3 Å². The van der Waals surface area contributed by atoms with E-state index in [2.05, 4.69) is 20.9 Å². The van der Waals surface area contributed by atoms with E-state index >= 15 is 0 Å². The maximum absolute atomic E-state index is 13.7. The first-order valence-corrected chi connectivity index (χ1v) is 10.5. The smallest absolute Gasteiger partial charge is 0.256 e. The van der Waals surface area contributed by atoms with Gasteiger partial charge in [-0.05, 0) is 57.2 Å². The second-order valence-corrected chi connectivity index (χ2v) is 8.19. The van der Waals surface area contributed by atoms with E-state index < -0.39 is 5.82 Å². The van der Waals surface area contributed by atoms with Crippen LogP contribution in [0.4, 0.5) is 10.1 Å². The molecule has 32 heavy (non-hydrogen) atoms. The number of rotatable bonds is 5. The highest BCUT2D eigenvalue weighted by atomic mass is 19.1. The number of aromatic amines is 1. The molecule has 0 saturated carbocycles. The number of anilines is 1. The number of halogens is 1. The first-order valence-electron chi connectivity index (χ1n) is 10.5. The van der Waals surface area contributed by atoms with Crippen LogP contribution in [-0.4, -0.2) is 60.3 Å². The molecule has 168 valence electrons. The van der Waals surface area contributed by atoms with Crippen molar-refractivity contribution in [3.05, 3.63) is 52.1 Å². The van der Waals surface area contributed by atoms with Crippen molar-refractivity contribution in [1.82, 2.24) is 20.5 Å². The Labute approximate surface area is 185 Å². The van der Waals surface area contributed by atoms with Gasteiger partial charge >= 0.3 is 0 Å². The third kappa shape index (κ3) is 4.03. The molecule has 0 spiro atoms. The molecule has 4 rings (SSSR count). The molecule has 2 aromatic rings. The average Bonchev–Trinajstić information content (AvgIpc) is 3.40. The van der Waals surface area contributed by atoms with Gasteiger partial charge in [-0.15, -0.1) is 0 Å². The van der Waals surface area contributed by atoms with E-state index in [9.17, 15) is 18.8 Å². The largest absolute Gasteiger partial charge is 0.358 e. The van der Waals surface area contributed by atoms with Crippen LogP contribution in [0, 0.1) is 19.7 Å². The SMILES string of the molecule is CNCC(=O)N1CC[C@H](NC(=O)c2c(C)[nH]c(/C=C3\C(=O)Nc4ccc(F)cc43)c2C)C1. The van der Waals surface area contributed by atoms with Gasteiger partial charge in [0, 0.05) is 41.8 Å². The van der Waals surface area contributed by atoms with Gasteiger partial charge in [0.05, 0.1) is 17.7 Å². The zero-order valence-electron chi connectivity index (χ0n) is 18.3. The van der Waals surface area contributed by atoms with Gasteiger partial charge in [0.15, 0.2) is 0 Å². The molecule has 0 unspecified atom stereocenters. The minimum atomic E-state index is -0.426. The molecule has 0 aliphatic carbocycles. The molecular weight excluding hydrogens is 413 g/mol. The number of aryl methyl sites for hydroxylation is 1. The summed E-state index contributed by atoms with van der Waals surface area (Å²) in [6.07, 6.45) is 2.34. The van der Waals surface area contributed by atoms with E-state index in [1.54, 1.807) is 24.9 Å². The Kier molecular flexibility index (Phi) is 5.84. The standard InChI is InChI=1S/C23H26FN5O3/c1-12-19(9-17-16-8-14(24)4-5-18(16)28-22(17)31)26-13(2)21(12)23(32)27-15-6-7-29(11-15)20(30)10-25-3/h4-5,8-9,15,25-26H,6-7,10-11H2,1-3H3,(H,27,32)(H,28,31)/b17-9-/t15-/m0/s1. The minimum Gasteiger partial charge on any atom is -0.358 e. The van der Waals surface area contributed by atoms with Crippen molar-refractivity contribution in [2.24, 2.45) is 0 Å². The van der Waals surface area contributed by atoms with Crippen LogP contribution in [-0.2, 0) is 9.59 Å². The maximum atomic E-state index is 13.7. The van der Waals surface area contributed by atoms with Crippen LogP contribution >= 0.6 is 0 Å². The number of nitrogens with zero attached hydrogens (tertiary/aromatic N) is 1. The summed E-state index contributed by atoms with van der Waals surface area (Å²) in [5, 5.41) is 8.59. The van der Waals surface area contributed by atoms with Crippen LogP contribution in [0.3, 0.4) is 0 Å². The number of hydrogen-bond acceptors (Lipinski definition) is 4. The van der Waals surface area contributed by atoms with Gasteiger partial charge in [-0.25, -0.2) is 4.39 Å². The molecule has 2 aliphatic heterocycles. The van der Waals surface area contributed by atoms with Crippen LogP contribution in [0.15, 0.2) is 18.2 Å². The van der Waals surface area contributed by atoms with Crippen LogP contribution in [0.5, 0.6) is 0 Å². The Morgan fingerprint density at radius 2 is 2.09 bits per heavy atom. The molecule has 3 amide bonds. The number of carbonyl (C=O) groups is 3. The van der Waals surface area contributed by atoms with Gasteiger partial charge < -0.3 is 25.8 Å². The van der Waals surface area contributed by atoms with Crippen LogP contribution in [0.2, 0.25) is 0 Å². The summed E-state index contributed by atoms with van der Waals surface area (Å²) in [5.41, 5.74) is 3.88. The highest BCUT2D eigenvalue weighted by molar-refractivity contribution is 6.34.